The molecule has 180 valence electrons. The Bertz CT molecular complexity index is 1350. The van der Waals surface area contributed by atoms with E-state index in [1.807, 2.05) is 18.2 Å². The molecule has 9 heteroatoms. The van der Waals surface area contributed by atoms with Gasteiger partial charge in [0.2, 0.25) is 5.91 Å². The van der Waals surface area contributed by atoms with Crippen LogP contribution < -0.4 is 10.6 Å². The van der Waals surface area contributed by atoms with E-state index in [4.69, 9.17) is 4.74 Å². The van der Waals surface area contributed by atoms with Crippen LogP contribution in [0.1, 0.15) is 27.2 Å². The monoisotopic (exact) mass is 475 g/mol. The van der Waals surface area contributed by atoms with E-state index in [0.717, 1.165) is 27.8 Å². The van der Waals surface area contributed by atoms with Gasteiger partial charge in [-0.25, -0.2) is 14.2 Å². The molecule has 0 aliphatic rings. The van der Waals surface area contributed by atoms with Crippen LogP contribution in [-0.4, -0.2) is 39.1 Å². The van der Waals surface area contributed by atoms with Gasteiger partial charge < -0.3 is 20.4 Å². The average molecular weight is 476 g/mol. The number of hydrogen-bond donors (Lipinski definition) is 3. The Morgan fingerprint density at radius 2 is 1.71 bits per heavy atom. The van der Waals surface area contributed by atoms with Crippen molar-refractivity contribution in [2.24, 2.45) is 0 Å². The summed E-state index contributed by atoms with van der Waals surface area (Å²) >= 11 is 0. The van der Waals surface area contributed by atoms with Crippen molar-refractivity contribution in [3.05, 3.63) is 66.7 Å². The molecule has 1 aromatic carbocycles. The van der Waals surface area contributed by atoms with Gasteiger partial charge in [0.25, 0.3) is 0 Å². The second-order valence-electron chi connectivity index (χ2n) is 8.94. The Morgan fingerprint density at radius 3 is 2.40 bits per heavy atom. The number of fused-ring (bicyclic) bond motifs is 1. The summed E-state index contributed by atoms with van der Waals surface area (Å²) in [5, 5.41) is 6.15. The van der Waals surface area contributed by atoms with Crippen molar-refractivity contribution in [3.8, 4) is 22.4 Å². The van der Waals surface area contributed by atoms with E-state index in [2.05, 4.69) is 25.6 Å². The molecule has 0 atom stereocenters. The number of nitrogens with zero attached hydrogens (tertiary/aromatic N) is 2. The van der Waals surface area contributed by atoms with Gasteiger partial charge in [0.15, 0.2) is 0 Å². The number of carbonyl (C=O) groups is 2. The second-order valence-corrected chi connectivity index (χ2v) is 8.94. The third-order valence-corrected chi connectivity index (χ3v) is 5.05. The largest absolute Gasteiger partial charge is 0.444 e. The van der Waals surface area contributed by atoms with Gasteiger partial charge in [0.1, 0.15) is 22.9 Å². The molecule has 3 N–H and O–H groups in total. The van der Waals surface area contributed by atoms with Gasteiger partial charge in [0.05, 0.1) is 5.69 Å². The summed E-state index contributed by atoms with van der Waals surface area (Å²) < 4.78 is 18.7. The number of halogens is 1. The fourth-order valence-corrected chi connectivity index (χ4v) is 3.59. The molecule has 0 bridgehead atoms. The topological polar surface area (TPSA) is 109 Å². The Morgan fingerprint density at radius 1 is 1.00 bits per heavy atom. The molecule has 0 unspecified atom stereocenters. The van der Waals surface area contributed by atoms with Crippen molar-refractivity contribution < 1.29 is 18.7 Å². The molecule has 2 amide bonds. The van der Waals surface area contributed by atoms with Crippen molar-refractivity contribution in [1.82, 2.24) is 20.3 Å². The summed E-state index contributed by atoms with van der Waals surface area (Å²) in [6.07, 6.45) is 2.90. The molecular formula is C26H26FN5O3. The first-order valence-electron chi connectivity index (χ1n) is 11.2. The lowest BCUT2D eigenvalue weighted by Gasteiger charge is -2.19. The summed E-state index contributed by atoms with van der Waals surface area (Å²) in [4.78, 5) is 36.1. The highest BCUT2D eigenvalue weighted by atomic mass is 19.1. The molecule has 0 spiro atoms. The molecular weight excluding hydrogens is 449 g/mol. The number of aromatic amines is 1. The number of alkyl carbamates (subject to hydrolysis) is 1. The first kappa shape index (κ1) is 23.9. The molecule has 4 rings (SSSR count). The fraction of sp³-hybridized carbons (Fsp3) is 0.231. The molecule has 0 aliphatic heterocycles. The van der Waals surface area contributed by atoms with Crippen LogP contribution >= 0.6 is 0 Å². The van der Waals surface area contributed by atoms with Crippen molar-refractivity contribution in [3.63, 3.8) is 0 Å². The Balaban J connectivity index is 1.54. The Hall–Kier alpha value is -4.27. The van der Waals surface area contributed by atoms with E-state index in [-0.39, 0.29) is 24.7 Å². The SMILES string of the molecule is CC(C)(C)OC(=O)NCCC(=O)Nc1ccc2c(-c3ccncc3)c(-c3ccc(F)cc3)[nH]c2n1. The van der Waals surface area contributed by atoms with Gasteiger partial charge in [-0.05, 0) is 80.4 Å². The van der Waals surface area contributed by atoms with Gasteiger partial charge >= 0.3 is 6.09 Å². The van der Waals surface area contributed by atoms with Crippen LogP contribution in [0.5, 0.6) is 0 Å². The number of pyridine rings is 2. The number of amides is 2. The van der Waals surface area contributed by atoms with Crippen LogP contribution in [-0.2, 0) is 9.53 Å². The predicted molar refractivity (Wildman–Crippen MR) is 132 cm³/mol. The molecule has 0 aliphatic carbocycles. The highest BCUT2D eigenvalue weighted by molar-refractivity contribution is 6.03. The lowest BCUT2D eigenvalue weighted by Crippen LogP contribution is -2.34. The highest BCUT2D eigenvalue weighted by Crippen LogP contribution is 2.38. The number of anilines is 1. The van der Waals surface area contributed by atoms with Crippen LogP contribution in [0, 0.1) is 5.82 Å². The zero-order chi connectivity index (χ0) is 25.0. The van der Waals surface area contributed by atoms with E-state index >= 15 is 0 Å². The standard InChI is InChI=1S/C26H26FN5O3/c1-26(2,3)35-25(34)29-15-12-21(33)30-20-9-8-19-22(16-10-13-28-14-11-16)23(32-24(19)31-20)17-4-6-18(27)7-5-17/h4-11,13-14H,12,15H2,1-3H3,(H,29,34)(H2,30,31,32,33). The van der Waals surface area contributed by atoms with Crippen LogP contribution in [0.3, 0.4) is 0 Å². The summed E-state index contributed by atoms with van der Waals surface area (Å²) in [5.41, 5.74) is 3.38. The number of rotatable bonds is 6. The predicted octanol–water partition coefficient (Wildman–Crippen LogP) is 5.28. The zero-order valence-electron chi connectivity index (χ0n) is 19.7. The molecule has 0 saturated heterocycles. The average Bonchev–Trinajstić information content (AvgIpc) is 3.17. The quantitative estimate of drug-likeness (QED) is 0.351. The number of aromatic nitrogens is 3. The number of nitrogens with one attached hydrogen (secondary N) is 3. The summed E-state index contributed by atoms with van der Waals surface area (Å²) in [7, 11) is 0. The van der Waals surface area contributed by atoms with Crippen molar-refractivity contribution in [1.29, 1.82) is 0 Å². The summed E-state index contributed by atoms with van der Waals surface area (Å²) in [6.45, 7) is 5.43. The molecule has 35 heavy (non-hydrogen) atoms. The van der Waals surface area contributed by atoms with E-state index in [1.165, 1.54) is 12.1 Å². The third kappa shape index (κ3) is 6.00. The molecule has 3 aromatic heterocycles. The van der Waals surface area contributed by atoms with E-state index < -0.39 is 11.7 Å². The number of benzene rings is 1. The lowest BCUT2D eigenvalue weighted by molar-refractivity contribution is -0.116. The van der Waals surface area contributed by atoms with Crippen LogP contribution in [0.4, 0.5) is 15.0 Å². The maximum Gasteiger partial charge on any atom is 0.407 e. The lowest BCUT2D eigenvalue weighted by atomic mass is 10.00. The Labute approximate surface area is 201 Å². The maximum atomic E-state index is 13.5. The van der Waals surface area contributed by atoms with Gasteiger partial charge in [-0.1, -0.05) is 0 Å². The summed E-state index contributed by atoms with van der Waals surface area (Å²) in [5.74, 6) is -0.250. The Kier molecular flexibility index (Phi) is 6.77. The second kappa shape index (κ2) is 9.92. The minimum absolute atomic E-state index is 0.0623. The number of ether oxygens (including phenoxy) is 1. The highest BCUT2D eigenvalue weighted by Gasteiger charge is 2.18. The molecule has 4 aromatic rings. The van der Waals surface area contributed by atoms with E-state index in [1.54, 1.807) is 51.4 Å². The van der Waals surface area contributed by atoms with Gasteiger partial charge in [-0.2, -0.15) is 0 Å². The van der Waals surface area contributed by atoms with E-state index in [0.29, 0.717) is 11.5 Å². The van der Waals surface area contributed by atoms with Gasteiger partial charge in [-0.3, -0.25) is 9.78 Å². The minimum atomic E-state index is -0.608. The number of carbonyl (C=O) groups excluding carboxylic acids is 2. The van der Waals surface area contributed by atoms with Crippen molar-refractivity contribution in [2.75, 3.05) is 11.9 Å². The normalized spacial score (nSPS) is 11.3. The number of H-pyrrole nitrogens is 1. The molecule has 0 radical (unpaired) electrons. The van der Waals surface area contributed by atoms with Crippen LogP contribution in [0.15, 0.2) is 60.9 Å². The van der Waals surface area contributed by atoms with Crippen LogP contribution in [0.25, 0.3) is 33.4 Å². The van der Waals surface area contributed by atoms with E-state index in [9.17, 15) is 14.0 Å². The van der Waals surface area contributed by atoms with Crippen molar-refractivity contribution in [2.45, 2.75) is 32.8 Å². The van der Waals surface area contributed by atoms with Crippen LogP contribution in [0.2, 0.25) is 0 Å². The molecule has 8 nitrogen and oxygen atoms in total. The third-order valence-electron chi connectivity index (χ3n) is 5.05. The first-order valence-corrected chi connectivity index (χ1v) is 11.2. The first-order chi connectivity index (χ1) is 16.7. The van der Waals surface area contributed by atoms with Gasteiger partial charge in [-0.15, -0.1) is 0 Å². The minimum Gasteiger partial charge on any atom is -0.444 e. The summed E-state index contributed by atoms with van der Waals surface area (Å²) in [6, 6.07) is 13.6. The van der Waals surface area contributed by atoms with Gasteiger partial charge in [0, 0.05) is 36.3 Å². The fourth-order valence-electron chi connectivity index (χ4n) is 3.59. The molecule has 3 heterocycles. The number of hydrogen-bond acceptors (Lipinski definition) is 5. The molecule has 0 saturated carbocycles. The van der Waals surface area contributed by atoms with Crippen molar-refractivity contribution >= 4 is 28.9 Å². The molecule has 0 fully saturated rings. The zero-order valence-corrected chi connectivity index (χ0v) is 19.7. The maximum absolute atomic E-state index is 13.5. The smallest absolute Gasteiger partial charge is 0.407 e.